The summed E-state index contributed by atoms with van der Waals surface area (Å²) in [5.41, 5.74) is 0. The molecule has 0 aliphatic carbocycles. The predicted molar refractivity (Wildman–Crippen MR) is 65.2 cm³/mol. The lowest BCUT2D eigenvalue weighted by Crippen LogP contribution is -2.35. The van der Waals surface area contributed by atoms with E-state index >= 15 is 0 Å². The largest absolute Gasteiger partial charge is 0.464 e. The smallest absolute Gasteiger partial charge is 0.293 e. The van der Waals surface area contributed by atoms with Gasteiger partial charge in [-0.3, -0.25) is 4.79 Å². The third-order valence-electron chi connectivity index (χ3n) is 3.69. The highest BCUT2D eigenvalue weighted by atomic mass is 16.5. The number of carbonyl (C=O) groups is 1. The van der Waals surface area contributed by atoms with Crippen molar-refractivity contribution in [2.45, 2.75) is 46.1 Å². The molecule has 1 atom stereocenters. The van der Waals surface area contributed by atoms with Gasteiger partial charge in [0.25, 0.3) is 6.47 Å². The number of likely N-dealkylation sites (tertiary alicyclic amines) is 1. The van der Waals surface area contributed by atoms with E-state index in [1.54, 1.807) is 0 Å². The third-order valence-corrected chi connectivity index (χ3v) is 3.69. The Bertz CT molecular complexity index is 198. The van der Waals surface area contributed by atoms with Crippen molar-refractivity contribution in [3.63, 3.8) is 0 Å². The number of hydrogen-bond acceptors (Lipinski definition) is 3. The molecule has 16 heavy (non-hydrogen) atoms. The van der Waals surface area contributed by atoms with Gasteiger partial charge in [0.1, 0.15) is 6.10 Å². The highest BCUT2D eigenvalue weighted by Crippen LogP contribution is 2.25. The minimum absolute atomic E-state index is 0.107. The van der Waals surface area contributed by atoms with Crippen LogP contribution in [0.2, 0.25) is 0 Å². The Morgan fingerprint density at radius 2 is 2.00 bits per heavy atom. The summed E-state index contributed by atoms with van der Waals surface area (Å²) in [4.78, 5) is 12.9. The molecule has 0 aromatic carbocycles. The van der Waals surface area contributed by atoms with E-state index in [0.29, 0.717) is 12.4 Å². The zero-order valence-electron chi connectivity index (χ0n) is 10.8. The summed E-state index contributed by atoms with van der Waals surface area (Å²) in [5, 5.41) is 0. The molecule has 0 saturated carbocycles. The minimum Gasteiger partial charge on any atom is -0.464 e. The first-order chi connectivity index (χ1) is 7.67. The molecule has 1 heterocycles. The standard InChI is InChI=1S/C13H25NO2/c1-4-14-7-5-12(6-8-14)9-13(11(2)3)16-10-15/h10-13H,4-9H2,1-3H3. The molecule has 0 amide bonds. The molecule has 1 aliphatic rings. The van der Waals surface area contributed by atoms with Gasteiger partial charge in [0, 0.05) is 0 Å². The molecule has 94 valence electrons. The van der Waals surface area contributed by atoms with Crippen LogP contribution in [-0.2, 0) is 9.53 Å². The molecule has 0 bridgehead atoms. The Labute approximate surface area is 99.1 Å². The van der Waals surface area contributed by atoms with Gasteiger partial charge in [0.15, 0.2) is 0 Å². The van der Waals surface area contributed by atoms with Crippen molar-refractivity contribution in [3.8, 4) is 0 Å². The second kappa shape index (κ2) is 6.89. The summed E-state index contributed by atoms with van der Waals surface area (Å²) in [6.07, 6.45) is 3.64. The molecule has 0 aromatic rings. The van der Waals surface area contributed by atoms with Gasteiger partial charge in [-0.15, -0.1) is 0 Å². The highest BCUT2D eigenvalue weighted by molar-refractivity contribution is 5.37. The van der Waals surface area contributed by atoms with Gasteiger partial charge < -0.3 is 9.64 Å². The number of ether oxygens (including phenoxy) is 1. The van der Waals surface area contributed by atoms with Crippen LogP contribution >= 0.6 is 0 Å². The molecule has 1 rings (SSSR count). The SMILES string of the molecule is CCN1CCC(CC(OC=O)C(C)C)CC1. The lowest BCUT2D eigenvalue weighted by Gasteiger charge is -2.33. The second-order valence-electron chi connectivity index (χ2n) is 5.13. The summed E-state index contributed by atoms with van der Waals surface area (Å²) in [6.45, 7) is 10.6. The first-order valence-electron chi connectivity index (χ1n) is 6.48. The summed E-state index contributed by atoms with van der Waals surface area (Å²) in [5.74, 6) is 1.16. The van der Waals surface area contributed by atoms with Gasteiger partial charge in [-0.25, -0.2) is 0 Å². The summed E-state index contributed by atoms with van der Waals surface area (Å²) in [7, 11) is 0. The lowest BCUT2D eigenvalue weighted by atomic mass is 9.88. The van der Waals surface area contributed by atoms with E-state index in [-0.39, 0.29) is 6.10 Å². The number of nitrogens with zero attached hydrogens (tertiary/aromatic N) is 1. The molecular formula is C13H25NO2. The zero-order chi connectivity index (χ0) is 12.0. The average Bonchev–Trinajstić information content (AvgIpc) is 2.29. The fourth-order valence-corrected chi connectivity index (χ4v) is 2.42. The maximum Gasteiger partial charge on any atom is 0.293 e. The number of carbonyl (C=O) groups excluding carboxylic acids is 1. The molecule has 3 heteroatoms. The predicted octanol–water partition coefficient (Wildman–Crippen LogP) is 2.31. The van der Waals surface area contributed by atoms with Crippen molar-refractivity contribution in [3.05, 3.63) is 0 Å². The molecule has 3 nitrogen and oxygen atoms in total. The number of hydrogen-bond donors (Lipinski definition) is 0. The molecular weight excluding hydrogens is 202 g/mol. The summed E-state index contributed by atoms with van der Waals surface area (Å²) in [6, 6.07) is 0. The Hall–Kier alpha value is -0.570. The van der Waals surface area contributed by atoms with E-state index in [4.69, 9.17) is 4.74 Å². The molecule has 0 radical (unpaired) electrons. The van der Waals surface area contributed by atoms with Gasteiger partial charge in [0.05, 0.1) is 0 Å². The molecule has 0 spiro atoms. The molecule has 1 aliphatic heterocycles. The highest BCUT2D eigenvalue weighted by Gasteiger charge is 2.24. The first-order valence-corrected chi connectivity index (χ1v) is 6.48. The molecule has 1 fully saturated rings. The van der Waals surface area contributed by atoms with E-state index in [2.05, 4.69) is 25.7 Å². The van der Waals surface area contributed by atoms with Gasteiger partial charge >= 0.3 is 0 Å². The topological polar surface area (TPSA) is 29.5 Å². The van der Waals surface area contributed by atoms with Gasteiger partial charge in [-0.1, -0.05) is 20.8 Å². The lowest BCUT2D eigenvalue weighted by molar-refractivity contribution is -0.136. The van der Waals surface area contributed by atoms with Crippen LogP contribution in [0, 0.1) is 11.8 Å². The van der Waals surface area contributed by atoms with Crippen molar-refractivity contribution < 1.29 is 9.53 Å². The van der Waals surface area contributed by atoms with E-state index in [0.717, 1.165) is 18.9 Å². The molecule has 1 unspecified atom stereocenters. The van der Waals surface area contributed by atoms with Crippen molar-refractivity contribution in [1.82, 2.24) is 4.90 Å². The maximum atomic E-state index is 10.4. The molecule has 1 saturated heterocycles. The fourth-order valence-electron chi connectivity index (χ4n) is 2.42. The first kappa shape index (κ1) is 13.5. The van der Waals surface area contributed by atoms with Gasteiger partial charge in [0.2, 0.25) is 0 Å². The molecule has 0 aromatic heterocycles. The Morgan fingerprint density at radius 1 is 1.38 bits per heavy atom. The number of piperidine rings is 1. The van der Waals surface area contributed by atoms with Crippen LogP contribution in [-0.4, -0.2) is 37.1 Å². The number of rotatable bonds is 6. The van der Waals surface area contributed by atoms with Gasteiger partial charge in [-0.05, 0) is 50.7 Å². The second-order valence-corrected chi connectivity index (χ2v) is 5.13. The third kappa shape index (κ3) is 4.12. The summed E-state index contributed by atoms with van der Waals surface area (Å²) < 4.78 is 5.17. The average molecular weight is 227 g/mol. The quantitative estimate of drug-likeness (QED) is 0.652. The normalized spacial score (nSPS) is 21.0. The molecule has 0 N–H and O–H groups in total. The van der Waals surface area contributed by atoms with Crippen molar-refractivity contribution >= 4 is 6.47 Å². The Morgan fingerprint density at radius 3 is 2.44 bits per heavy atom. The van der Waals surface area contributed by atoms with E-state index in [9.17, 15) is 4.79 Å². The maximum absolute atomic E-state index is 10.4. The summed E-state index contributed by atoms with van der Waals surface area (Å²) >= 11 is 0. The van der Waals surface area contributed by atoms with Crippen LogP contribution in [0.4, 0.5) is 0 Å². The van der Waals surface area contributed by atoms with Crippen LogP contribution in [0.5, 0.6) is 0 Å². The zero-order valence-corrected chi connectivity index (χ0v) is 10.8. The Kier molecular flexibility index (Phi) is 5.81. The van der Waals surface area contributed by atoms with E-state index in [1.165, 1.54) is 25.9 Å². The van der Waals surface area contributed by atoms with Crippen LogP contribution in [0.25, 0.3) is 0 Å². The Balaban J connectivity index is 2.33. The van der Waals surface area contributed by atoms with Crippen LogP contribution in [0.15, 0.2) is 0 Å². The van der Waals surface area contributed by atoms with Crippen LogP contribution in [0.3, 0.4) is 0 Å². The van der Waals surface area contributed by atoms with Crippen LogP contribution < -0.4 is 0 Å². The van der Waals surface area contributed by atoms with Crippen LogP contribution in [0.1, 0.15) is 40.0 Å². The minimum atomic E-state index is 0.107. The van der Waals surface area contributed by atoms with Gasteiger partial charge in [-0.2, -0.15) is 0 Å². The van der Waals surface area contributed by atoms with Crippen molar-refractivity contribution in [2.75, 3.05) is 19.6 Å². The fraction of sp³-hybridized carbons (Fsp3) is 0.923. The van der Waals surface area contributed by atoms with Crippen molar-refractivity contribution in [1.29, 1.82) is 0 Å². The van der Waals surface area contributed by atoms with E-state index < -0.39 is 0 Å². The van der Waals surface area contributed by atoms with Crippen molar-refractivity contribution in [2.24, 2.45) is 11.8 Å². The monoisotopic (exact) mass is 227 g/mol. The van der Waals surface area contributed by atoms with E-state index in [1.807, 2.05) is 0 Å².